The van der Waals surface area contributed by atoms with E-state index in [0.717, 1.165) is 31.5 Å². The van der Waals surface area contributed by atoms with Crippen molar-refractivity contribution in [3.8, 4) is 0 Å². The van der Waals surface area contributed by atoms with Gasteiger partial charge >= 0.3 is 0 Å². The molecular weight excluding hydrogens is 307 g/mol. The van der Waals surface area contributed by atoms with Crippen molar-refractivity contribution in [1.29, 1.82) is 0 Å². The average molecular weight is 331 g/mol. The number of carbonyl (C=O) groups is 1. The number of hydrogen-bond acceptors (Lipinski definition) is 2. The van der Waals surface area contributed by atoms with Crippen LogP contribution in [0.15, 0.2) is 24.3 Å². The van der Waals surface area contributed by atoms with Gasteiger partial charge in [0.1, 0.15) is 0 Å². The predicted octanol–water partition coefficient (Wildman–Crippen LogP) is 3.25. The summed E-state index contributed by atoms with van der Waals surface area (Å²) in [6, 6.07) is 8.15. The Morgan fingerprint density at radius 2 is 1.86 bits per heavy atom. The van der Waals surface area contributed by atoms with E-state index in [-0.39, 0.29) is 18.3 Å². The van der Waals surface area contributed by atoms with Crippen LogP contribution in [0.2, 0.25) is 5.02 Å². The highest BCUT2D eigenvalue weighted by atomic mass is 35.5. The van der Waals surface area contributed by atoms with Crippen LogP contribution in [0.4, 0.5) is 0 Å². The van der Waals surface area contributed by atoms with Gasteiger partial charge in [-0.1, -0.05) is 29.8 Å². The molecule has 1 aliphatic heterocycles. The minimum absolute atomic E-state index is 0. The molecule has 0 spiro atoms. The Bertz CT molecular complexity index is 483. The summed E-state index contributed by atoms with van der Waals surface area (Å²) in [6.07, 6.45) is 2.03. The number of piperidine rings is 1. The first-order valence-corrected chi connectivity index (χ1v) is 7.56. The zero-order chi connectivity index (χ0) is 14.8. The lowest BCUT2D eigenvalue weighted by Crippen LogP contribution is -2.49. The number of benzene rings is 1. The smallest absolute Gasteiger partial charge is 0.232 e. The normalized spacial score (nSPS) is 16.5. The molecule has 0 radical (unpaired) electrons. The van der Waals surface area contributed by atoms with Gasteiger partial charge in [-0.3, -0.25) is 4.79 Å². The summed E-state index contributed by atoms with van der Waals surface area (Å²) in [5.41, 5.74) is 0.326. The number of likely N-dealkylation sites (tertiary alicyclic amines) is 1. The first-order chi connectivity index (χ1) is 9.46. The molecule has 1 aromatic carbocycles. The molecule has 0 aliphatic carbocycles. The molecule has 1 aromatic rings. The van der Waals surface area contributed by atoms with E-state index in [1.807, 2.05) is 50.1 Å². The Hall–Kier alpha value is -0.770. The van der Waals surface area contributed by atoms with Gasteiger partial charge in [-0.15, -0.1) is 12.4 Å². The van der Waals surface area contributed by atoms with Gasteiger partial charge in [0.25, 0.3) is 0 Å². The molecule has 1 aliphatic rings. The third-order valence-electron chi connectivity index (χ3n) is 4.27. The van der Waals surface area contributed by atoms with Crippen LogP contribution < -0.4 is 5.32 Å². The van der Waals surface area contributed by atoms with Gasteiger partial charge in [-0.2, -0.15) is 0 Å². The molecule has 1 fully saturated rings. The SMILES string of the molecule is CNC1CCN(C(=O)C(C)(C)c2ccccc2Cl)CC1.Cl. The van der Waals surface area contributed by atoms with Gasteiger partial charge in [0.15, 0.2) is 0 Å². The summed E-state index contributed by atoms with van der Waals surface area (Å²) in [5.74, 6) is 0.167. The number of nitrogens with zero attached hydrogens (tertiary/aromatic N) is 1. The summed E-state index contributed by atoms with van der Waals surface area (Å²) in [6.45, 7) is 5.55. The summed E-state index contributed by atoms with van der Waals surface area (Å²) in [7, 11) is 1.98. The number of rotatable bonds is 3. The van der Waals surface area contributed by atoms with Crippen molar-refractivity contribution in [3.05, 3.63) is 34.9 Å². The molecule has 21 heavy (non-hydrogen) atoms. The minimum atomic E-state index is -0.579. The highest BCUT2D eigenvalue weighted by molar-refractivity contribution is 6.31. The lowest BCUT2D eigenvalue weighted by atomic mass is 9.82. The molecule has 2 rings (SSSR count). The van der Waals surface area contributed by atoms with Crippen molar-refractivity contribution in [2.75, 3.05) is 20.1 Å². The van der Waals surface area contributed by atoms with E-state index >= 15 is 0 Å². The van der Waals surface area contributed by atoms with E-state index in [1.54, 1.807) is 0 Å². The molecular formula is C16H24Cl2N2O. The molecule has 0 aromatic heterocycles. The third kappa shape index (κ3) is 3.91. The zero-order valence-electron chi connectivity index (χ0n) is 12.9. The van der Waals surface area contributed by atoms with Crippen molar-refractivity contribution in [2.45, 2.75) is 38.1 Å². The minimum Gasteiger partial charge on any atom is -0.342 e. The van der Waals surface area contributed by atoms with Gasteiger partial charge < -0.3 is 10.2 Å². The van der Waals surface area contributed by atoms with E-state index in [0.29, 0.717) is 11.1 Å². The second-order valence-electron chi connectivity index (χ2n) is 5.96. The van der Waals surface area contributed by atoms with E-state index < -0.39 is 5.41 Å². The molecule has 0 bridgehead atoms. The van der Waals surface area contributed by atoms with Crippen LogP contribution in [-0.2, 0) is 10.2 Å². The summed E-state index contributed by atoms with van der Waals surface area (Å²) in [5, 5.41) is 3.95. The fraction of sp³-hybridized carbons (Fsp3) is 0.562. The molecule has 3 nitrogen and oxygen atoms in total. The van der Waals surface area contributed by atoms with Crippen molar-refractivity contribution in [2.24, 2.45) is 0 Å². The van der Waals surface area contributed by atoms with Gasteiger partial charge in [0.05, 0.1) is 5.41 Å². The van der Waals surface area contributed by atoms with E-state index in [9.17, 15) is 4.79 Å². The second kappa shape index (κ2) is 7.48. The molecule has 118 valence electrons. The molecule has 1 saturated heterocycles. The van der Waals surface area contributed by atoms with Crippen LogP contribution in [-0.4, -0.2) is 37.0 Å². The van der Waals surface area contributed by atoms with Gasteiger partial charge in [0, 0.05) is 24.2 Å². The Morgan fingerprint density at radius 1 is 1.29 bits per heavy atom. The molecule has 0 saturated carbocycles. The Kier molecular flexibility index (Phi) is 6.51. The molecule has 1 N–H and O–H groups in total. The van der Waals surface area contributed by atoms with E-state index in [4.69, 9.17) is 11.6 Å². The number of hydrogen-bond donors (Lipinski definition) is 1. The van der Waals surface area contributed by atoms with Crippen molar-refractivity contribution >= 4 is 29.9 Å². The van der Waals surface area contributed by atoms with Gasteiger partial charge in [-0.05, 0) is 45.4 Å². The first-order valence-electron chi connectivity index (χ1n) is 7.18. The van der Waals surface area contributed by atoms with Crippen LogP contribution in [0.5, 0.6) is 0 Å². The first kappa shape index (κ1) is 18.3. The quantitative estimate of drug-likeness (QED) is 0.922. The van der Waals surface area contributed by atoms with E-state index in [2.05, 4.69) is 5.32 Å². The molecule has 0 unspecified atom stereocenters. The number of nitrogens with one attached hydrogen (secondary N) is 1. The molecule has 1 amide bonds. The predicted molar refractivity (Wildman–Crippen MR) is 90.4 cm³/mol. The Balaban J connectivity index is 0.00000220. The van der Waals surface area contributed by atoms with Crippen molar-refractivity contribution < 1.29 is 4.79 Å². The van der Waals surface area contributed by atoms with Crippen molar-refractivity contribution in [1.82, 2.24) is 10.2 Å². The lowest BCUT2D eigenvalue weighted by molar-refractivity contribution is -0.137. The van der Waals surface area contributed by atoms with Crippen LogP contribution >= 0.6 is 24.0 Å². The summed E-state index contributed by atoms with van der Waals surface area (Å²) < 4.78 is 0. The largest absolute Gasteiger partial charge is 0.342 e. The highest BCUT2D eigenvalue weighted by Gasteiger charge is 2.36. The highest BCUT2D eigenvalue weighted by Crippen LogP contribution is 2.32. The molecule has 5 heteroatoms. The molecule has 1 heterocycles. The fourth-order valence-electron chi connectivity index (χ4n) is 2.85. The Labute approximate surface area is 138 Å². The standard InChI is InChI=1S/C16H23ClN2O.ClH/c1-16(2,13-6-4-5-7-14(13)17)15(20)19-10-8-12(18-3)9-11-19;/h4-7,12,18H,8-11H2,1-3H3;1H. The van der Waals surface area contributed by atoms with Crippen LogP contribution in [0.3, 0.4) is 0 Å². The second-order valence-corrected chi connectivity index (χ2v) is 6.37. The number of halogens is 2. The molecule has 0 atom stereocenters. The average Bonchev–Trinajstić information content (AvgIpc) is 2.47. The van der Waals surface area contributed by atoms with Crippen molar-refractivity contribution in [3.63, 3.8) is 0 Å². The summed E-state index contributed by atoms with van der Waals surface area (Å²) in [4.78, 5) is 14.8. The van der Waals surface area contributed by atoms with E-state index in [1.165, 1.54) is 0 Å². The van der Waals surface area contributed by atoms with Crippen LogP contribution in [0, 0.1) is 0 Å². The maximum atomic E-state index is 12.8. The lowest BCUT2D eigenvalue weighted by Gasteiger charge is -2.37. The number of amides is 1. The van der Waals surface area contributed by atoms with Gasteiger partial charge in [-0.25, -0.2) is 0 Å². The van der Waals surface area contributed by atoms with Crippen LogP contribution in [0.25, 0.3) is 0 Å². The Morgan fingerprint density at radius 3 is 2.38 bits per heavy atom. The monoisotopic (exact) mass is 330 g/mol. The zero-order valence-corrected chi connectivity index (χ0v) is 14.4. The fourth-order valence-corrected chi connectivity index (χ4v) is 3.22. The topological polar surface area (TPSA) is 32.3 Å². The summed E-state index contributed by atoms with van der Waals surface area (Å²) >= 11 is 6.26. The maximum absolute atomic E-state index is 12.8. The van der Waals surface area contributed by atoms with Crippen LogP contribution in [0.1, 0.15) is 32.3 Å². The maximum Gasteiger partial charge on any atom is 0.232 e. The third-order valence-corrected chi connectivity index (χ3v) is 4.60. The van der Waals surface area contributed by atoms with Gasteiger partial charge in [0.2, 0.25) is 5.91 Å². The number of carbonyl (C=O) groups excluding carboxylic acids is 1.